The van der Waals surface area contributed by atoms with Crippen molar-refractivity contribution in [1.82, 2.24) is 9.97 Å². The first-order valence-electron chi connectivity index (χ1n) is 5.97. The second-order valence-corrected chi connectivity index (χ2v) is 6.26. The van der Waals surface area contributed by atoms with Crippen molar-refractivity contribution in [2.75, 3.05) is 0 Å². The molecule has 0 spiro atoms. The number of H-pyrrole nitrogens is 1. The van der Waals surface area contributed by atoms with Gasteiger partial charge in [-0.25, -0.2) is 4.98 Å². The Balaban J connectivity index is 2.20. The highest BCUT2D eigenvalue weighted by Crippen LogP contribution is 2.27. The smallest absolute Gasteiger partial charge is 0.138 e. The number of hydrogen-bond donors (Lipinski definition) is 1. The minimum absolute atomic E-state index is 0.756. The van der Waals surface area contributed by atoms with E-state index < -0.39 is 0 Å². The quantitative estimate of drug-likeness (QED) is 0.583. The van der Waals surface area contributed by atoms with Gasteiger partial charge in [-0.3, -0.25) is 0 Å². The van der Waals surface area contributed by atoms with Crippen molar-refractivity contribution in [1.29, 1.82) is 0 Å². The van der Waals surface area contributed by atoms with E-state index in [2.05, 4.69) is 58.5 Å². The first kappa shape index (κ1) is 12.9. The van der Waals surface area contributed by atoms with Gasteiger partial charge in [-0.05, 0) is 65.8 Å². The molecule has 4 heteroatoms. The zero-order valence-corrected chi connectivity index (χ0v) is 13.5. The molecule has 96 valence electrons. The maximum atomic E-state index is 6.17. The van der Waals surface area contributed by atoms with Gasteiger partial charge in [-0.1, -0.05) is 23.7 Å². The highest BCUT2D eigenvalue weighted by atomic mass is 127. The number of aromatic amines is 1. The SMILES string of the molecule is Cc1cc(C)c2nc(-c3ccc(I)c(Cl)c3)[nH]c2c1. The van der Waals surface area contributed by atoms with Crippen molar-refractivity contribution in [3.05, 3.63) is 50.1 Å². The van der Waals surface area contributed by atoms with Gasteiger partial charge in [0.25, 0.3) is 0 Å². The number of hydrogen-bond acceptors (Lipinski definition) is 1. The Bertz CT molecular complexity index is 777. The lowest BCUT2D eigenvalue weighted by Crippen LogP contribution is -1.82. The van der Waals surface area contributed by atoms with Crippen LogP contribution in [0.4, 0.5) is 0 Å². The fraction of sp³-hybridized carbons (Fsp3) is 0.133. The Morgan fingerprint density at radius 3 is 2.68 bits per heavy atom. The molecule has 0 saturated carbocycles. The summed E-state index contributed by atoms with van der Waals surface area (Å²) < 4.78 is 1.05. The lowest BCUT2D eigenvalue weighted by atomic mass is 10.1. The van der Waals surface area contributed by atoms with Crippen LogP contribution in [-0.2, 0) is 0 Å². The summed E-state index contributed by atoms with van der Waals surface area (Å²) in [5.41, 5.74) is 5.53. The van der Waals surface area contributed by atoms with E-state index in [4.69, 9.17) is 11.6 Å². The van der Waals surface area contributed by atoms with Gasteiger partial charge in [0.15, 0.2) is 0 Å². The number of halogens is 2. The van der Waals surface area contributed by atoms with Crippen LogP contribution in [0.1, 0.15) is 11.1 Å². The molecule has 0 amide bonds. The molecule has 3 rings (SSSR count). The number of aromatic nitrogens is 2. The van der Waals surface area contributed by atoms with Gasteiger partial charge in [0.1, 0.15) is 5.82 Å². The van der Waals surface area contributed by atoms with Crippen molar-refractivity contribution < 1.29 is 0 Å². The van der Waals surface area contributed by atoms with Gasteiger partial charge in [0, 0.05) is 9.13 Å². The average molecular weight is 383 g/mol. The Morgan fingerprint density at radius 1 is 1.16 bits per heavy atom. The predicted molar refractivity (Wildman–Crippen MR) is 88.7 cm³/mol. The summed E-state index contributed by atoms with van der Waals surface area (Å²) in [6, 6.07) is 10.3. The molecular weight excluding hydrogens is 371 g/mol. The predicted octanol–water partition coefficient (Wildman–Crippen LogP) is 5.10. The molecule has 0 radical (unpaired) electrons. The second kappa shape index (κ2) is 4.80. The molecule has 1 aromatic heterocycles. The van der Waals surface area contributed by atoms with Crippen molar-refractivity contribution >= 4 is 45.2 Å². The van der Waals surface area contributed by atoms with E-state index in [-0.39, 0.29) is 0 Å². The van der Waals surface area contributed by atoms with E-state index in [9.17, 15) is 0 Å². The molecule has 0 bridgehead atoms. The molecule has 3 aromatic rings. The van der Waals surface area contributed by atoms with Gasteiger partial charge in [-0.2, -0.15) is 0 Å². The average Bonchev–Trinajstić information content (AvgIpc) is 2.76. The molecular formula is C15H12ClIN2. The highest BCUT2D eigenvalue weighted by Gasteiger charge is 2.09. The Hall–Kier alpha value is -1.07. The number of nitrogens with zero attached hydrogens (tertiary/aromatic N) is 1. The fourth-order valence-electron chi connectivity index (χ4n) is 2.25. The normalized spacial score (nSPS) is 11.2. The topological polar surface area (TPSA) is 28.7 Å². The summed E-state index contributed by atoms with van der Waals surface area (Å²) in [6.07, 6.45) is 0. The number of fused-ring (bicyclic) bond motifs is 1. The minimum atomic E-state index is 0.756. The lowest BCUT2D eigenvalue weighted by molar-refractivity contribution is 1.33. The zero-order valence-electron chi connectivity index (χ0n) is 10.6. The fourth-order valence-corrected chi connectivity index (χ4v) is 2.77. The molecule has 0 saturated heterocycles. The second-order valence-electron chi connectivity index (χ2n) is 4.69. The number of rotatable bonds is 1. The van der Waals surface area contributed by atoms with E-state index in [1.807, 2.05) is 18.2 Å². The lowest BCUT2D eigenvalue weighted by Gasteiger charge is -1.99. The molecule has 0 aliphatic carbocycles. The first-order valence-corrected chi connectivity index (χ1v) is 7.42. The molecule has 0 atom stereocenters. The van der Waals surface area contributed by atoms with Crippen LogP contribution in [0, 0.1) is 17.4 Å². The molecule has 1 heterocycles. The molecule has 2 aromatic carbocycles. The van der Waals surface area contributed by atoms with Crippen molar-refractivity contribution in [2.45, 2.75) is 13.8 Å². The van der Waals surface area contributed by atoms with E-state index in [0.29, 0.717) is 0 Å². The van der Waals surface area contributed by atoms with Crippen molar-refractivity contribution in [3.8, 4) is 11.4 Å². The zero-order chi connectivity index (χ0) is 13.6. The number of aryl methyl sites for hydroxylation is 2. The monoisotopic (exact) mass is 382 g/mol. The summed E-state index contributed by atoms with van der Waals surface area (Å²) in [4.78, 5) is 8.05. The minimum Gasteiger partial charge on any atom is -0.338 e. The molecule has 0 unspecified atom stereocenters. The van der Waals surface area contributed by atoms with E-state index in [1.165, 1.54) is 11.1 Å². The summed E-state index contributed by atoms with van der Waals surface area (Å²) in [7, 11) is 0. The maximum absolute atomic E-state index is 6.17. The summed E-state index contributed by atoms with van der Waals surface area (Å²) >= 11 is 8.39. The molecule has 2 nitrogen and oxygen atoms in total. The van der Waals surface area contributed by atoms with Crippen LogP contribution >= 0.6 is 34.2 Å². The third kappa shape index (κ3) is 2.37. The highest BCUT2D eigenvalue weighted by molar-refractivity contribution is 14.1. The molecule has 19 heavy (non-hydrogen) atoms. The van der Waals surface area contributed by atoms with E-state index >= 15 is 0 Å². The Kier molecular flexibility index (Phi) is 3.27. The largest absolute Gasteiger partial charge is 0.338 e. The molecule has 0 fully saturated rings. The van der Waals surface area contributed by atoms with Gasteiger partial charge in [-0.15, -0.1) is 0 Å². The number of imidazole rings is 1. The van der Waals surface area contributed by atoms with Gasteiger partial charge < -0.3 is 4.98 Å². The number of benzene rings is 2. The van der Waals surface area contributed by atoms with Crippen LogP contribution in [0.5, 0.6) is 0 Å². The third-order valence-corrected chi connectivity index (χ3v) is 4.69. The van der Waals surface area contributed by atoms with Crippen LogP contribution in [0.2, 0.25) is 5.02 Å². The van der Waals surface area contributed by atoms with Crippen molar-refractivity contribution in [2.24, 2.45) is 0 Å². The third-order valence-electron chi connectivity index (χ3n) is 3.11. The van der Waals surface area contributed by atoms with Crippen LogP contribution in [0.15, 0.2) is 30.3 Å². The summed E-state index contributed by atoms with van der Waals surface area (Å²) in [6.45, 7) is 4.18. The summed E-state index contributed by atoms with van der Waals surface area (Å²) in [5, 5.41) is 0.756. The Morgan fingerprint density at radius 2 is 1.95 bits per heavy atom. The summed E-state index contributed by atoms with van der Waals surface area (Å²) in [5.74, 6) is 0.863. The molecule has 0 aliphatic heterocycles. The van der Waals surface area contributed by atoms with Gasteiger partial charge >= 0.3 is 0 Å². The first-order chi connectivity index (χ1) is 9.04. The molecule has 0 aliphatic rings. The maximum Gasteiger partial charge on any atom is 0.138 e. The van der Waals surface area contributed by atoms with Crippen LogP contribution in [0.3, 0.4) is 0 Å². The number of nitrogens with one attached hydrogen (secondary N) is 1. The van der Waals surface area contributed by atoms with Gasteiger partial charge in [0.2, 0.25) is 0 Å². The van der Waals surface area contributed by atoms with Crippen molar-refractivity contribution in [3.63, 3.8) is 0 Å². The van der Waals surface area contributed by atoms with E-state index in [1.54, 1.807) is 0 Å². The van der Waals surface area contributed by atoms with Crippen LogP contribution in [-0.4, -0.2) is 9.97 Å². The Labute approximate surface area is 130 Å². The van der Waals surface area contributed by atoms with E-state index in [0.717, 1.165) is 31.0 Å². The van der Waals surface area contributed by atoms with Crippen LogP contribution in [0.25, 0.3) is 22.4 Å². The molecule has 1 N–H and O–H groups in total. The van der Waals surface area contributed by atoms with Crippen LogP contribution < -0.4 is 0 Å². The standard InChI is InChI=1S/C15H12ClIN2/c1-8-5-9(2)14-13(6-8)18-15(19-14)10-3-4-12(17)11(16)7-10/h3-7H,1-2H3,(H,18,19). The van der Waals surface area contributed by atoms with Gasteiger partial charge in [0.05, 0.1) is 16.1 Å².